The summed E-state index contributed by atoms with van der Waals surface area (Å²) < 4.78 is 1.81. The van der Waals surface area contributed by atoms with Gasteiger partial charge in [0.05, 0.1) is 21.1 Å². The minimum absolute atomic E-state index is 0.00642. The lowest BCUT2D eigenvalue weighted by Crippen LogP contribution is -2.42. The van der Waals surface area contributed by atoms with E-state index in [1.54, 1.807) is 24.5 Å². The van der Waals surface area contributed by atoms with Crippen molar-refractivity contribution in [1.82, 2.24) is 14.6 Å². The van der Waals surface area contributed by atoms with Crippen LogP contribution >= 0.6 is 23.2 Å². The number of rotatable bonds is 3. The quantitative estimate of drug-likeness (QED) is 0.683. The second-order valence-electron chi connectivity index (χ2n) is 7.16. The highest BCUT2D eigenvalue weighted by atomic mass is 35.5. The highest BCUT2D eigenvalue weighted by molar-refractivity contribution is 6.39. The van der Waals surface area contributed by atoms with Gasteiger partial charge in [0.2, 0.25) is 5.43 Å². The van der Waals surface area contributed by atoms with E-state index < -0.39 is 11.3 Å². The second-order valence-corrected chi connectivity index (χ2v) is 7.97. The maximum Gasteiger partial charge on any atom is 0.261 e. The number of amides is 1. The molecule has 0 unspecified atom stereocenters. The Hall–Kier alpha value is -2.64. The Morgan fingerprint density at radius 3 is 2.59 bits per heavy atom. The van der Waals surface area contributed by atoms with Crippen molar-refractivity contribution in [2.45, 2.75) is 19.8 Å². The number of carbonyl (C=O) groups excluding carboxylic acids is 1. The van der Waals surface area contributed by atoms with Crippen molar-refractivity contribution >= 4 is 45.8 Å². The Balaban J connectivity index is 1.79. The van der Waals surface area contributed by atoms with Crippen LogP contribution in [0.25, 0.3) is 11.0 Å². The fourth-order valence-electron chi connectivity index (χ4n) is 3.44. The molecule has 0 saturated carbocycles. The summed E-state index contributed by atoms with van der Waals surface area (Å²) >= 11 is 12.2. The molecule has 7 nitrogen and oxygen atoms in total. The van der Waals surface area contributed by atoms with Gasteiger partial charge in [-0.2, -0.15) is 0 Å². The van der Waals surface area contributed by atoms with Crippen molar-refractivity contribution in [3.8, 4) is 0 Å². The van der Waals surface area contributed by atoms with E-state index in [0.717, 1.165) is 25.9 Å². The van der Waals surface area contributed by atoms with Crippen LogP contribution in [0.1, 0.15) is 30.1 Å². The van der Waals surface area contributed by atoms with E-state index in [1.165, 1.54) is 12.4 Å². The third kappa shape index (κ3) is 3.80. The summed E-state index contributed by atoms with van der Waals surface area (Å²) in [4.78, 5) is 34.2. The first kappa shape index (κ1) is 19.7. The Morgan fingerprint density at radius 2 is 1.90 bits per heavy atom. The Labute approximate surface area is 177 Å². The average Bonchev–Trinajstić information content (AvgIpc) is 2.72. The van der Waals surface area contributed by atoms with E-state index >= 15 is 0 Å². The number of anilines is 1. The summed E-state index contributed by atoms with van der Waals surface area (Å²) in [6.45, 7) is 3.86. The molecular formula is C20H19Cl2N5O2. The van der Waals surface area contributed by atoms with Gasteiger partial charge in [-0.25, -0.2) is 9.66 Å². The molecule has 3 aromatic rings. The van der Waals surface area contributed by atoms with Crippen LogP contribution in [0.3, 0.4) is 0 Å². The average molecular weight is 432 g/mol. The lowest BCUT2D eigenvalue weighted by molar-refractivity contribution is 0.102. The molecule has 0 aromatic carbocycles. The zero-order valence-corrected chi connectivity index (χ0v) is 17.2. The molecule has 0 spiro atoms. The molecule has 1 aliphatic rings. The molecule has 1 N–H and O–H groups in total. The smallest absolute Gasteiger partial charge is 0.261 e. The van der Waals surface area contributed by atoms with Gasteiger partial charge in [-0.3, -0.25) is 14.6 Å². The summed E-state index contributed by atoms with van der Waals surface area (Å²) in [5.74, 6) is 0.0541. The number of hydrogen-bond donors (Lipinski definition) is 1. The zero-order chi connectivity index (χ0) is 20.5. The van der Waals surface area contributed by atoms with Gasteiger partial charge in [0.25, 0.3) is 5.91 Å². The molecule has 29 heavy (non-hydrogen) atoms. The molecular weight excluding hydrogens is 413 g/mol. The molecule has 0 aliphatic carbocycles. The number of halogens is 2. The number of carbonyl (C=O) groups is 1. The Kier molecular flexibility index (Phi) is 5.43. The number of fused-ring (bicyclic) bond motifs is 1. The molecule has 4 rings (SSSR count). The molecule has 150 valence electrons. The standard InChI is InChI=1S/C20H19Cl2N5O2/c1-12-4-7-26(8-5-12)27-11-14(18(28)13-3-2-6-24-19(13)27)20(29)25-17-15(21)9-23-10-16(17)22/h2-3,6,9-12H,4-5,7-8H2,1H3,(H,23,25,29). The normalized spacial score (nSPS) is 14.9. The monoisotopic (exact) mass is 431 g/mol. The highest BCUT2D eigenvalue weighted by Crippen LogP contribution is 2.29. The zero-order valence-electron chi connectivity index (χ0n) is 15.7. The summed E-state index contributed by atoms with van der Waals surface area (Å²) in [5, 5.41) is 5.52. The van der Waals surface area contributed by atoms with E-state index in [0.29, 0.717) is 17.0 Å². The minimum atomic E-state index is -0.588. The molecule has 1 aliphatic heterocycles. The predicted molar refractivity (Wildman–Crippen MR) is 115 cm³/mol. The van der Waals surface area contributed by atoms with Crippen molar-refractivity contribution in [2.24, 2.45) is 5.92 Å². The van der Waals surface area contributed by atoms with E-state index in [-0.39, 0.29) is 21.3 Å². The minimum Gasteiger partial charge on any atom is -0.319 e. The third-order valence-electron chi connectivity index (χ3n) is 5.15. The van der Waals surface area contributed by atoms with Crippen LogP contribution in [0.15, 0.2) is 41.7 Å². The molecule has 1 fully saturated rings. The number of hydrogen-bond acceptors (Lipinski definition) is 5. The Bertz CT molecular complexity index is 1120. The summed E-state index contributed by atoms with van der Waals surface area (Å²) in [6.07, 6.45) is 8.00. The fourth-order valence-corrected chi connectivity index (χ4v) is 3.90. The first-order valence-corrected chi connectivity index (χ1v) is 10.1. The van der Waals surface area contributed by atoms with Crippen molar-refractivity contribution in [3.63, 3.8) is 0 Å². The number of pyridine rings is 3. The SMILES string of the molecule is CC1CCN(n2cc(C(=O)Nc3c(Cl)cncc3Cl)c(=O)c3cccnc32)CC1. The van der Waals surface area contributed by atoms with Crippen LogP contribution in [0.4, 0.5) is 5.69 Å². The van der Waals surface area contributed by atoms with Crippen molar-refractivity contribution in [1.29, 1.82) is 0 Å². The first-order chi connectivity index (χ1) is 14.0. The van der Waals surface area contributed by atoms with Crippen molar-refractivity contribution in [3.05, 3.63) is 62.8 Å². The van der Waals surface area contributed by atoms with Crippen molar-refractivity contribution in [2.75, 3.05) is 23.4 Å². The van der Waals surface area contributed by atoms with Crippen LogP contribution in [-0.4, -0.2) is 33.6 Å². The fraction of sp³-hybridized carbons (Fsp3) is 0.300. The molecule has 0 radical (unpaired) electrons. The van der Waals surface area contributed by atoms with E-state index in [9.17, 15) is 9.59 Å². The molecule has 1 saturated heterocycles. The van der Waals surface area contributed by atoms with Gasteiger partial charge in [-0.1, -0.05) is 30.1 Å². The van der Waals surface area contributed by atoms with Gasteiger partial charge in [-0.15, -0.1) is 0 Å². The number of nitrogens with zero attached hydrogens (tertiary/aromatic N) is 4. The summed E-state index contributed by atoms with van der Waals surface area (Å²) in [5.41, 5.74) is 0.350. The van der Waals surface area contributed by atoms with Crippen LogP contribution in [0.5, 0.6) is 0 Å². The molecule has 3 aromatic heterocycles. The van der Waals surface area contributed by atoms with Crippen LogP contribution in [-0.2, 0) is 0 Å². The number of aromatic nitrogens is 3. The second kappa shape index (κ2) is 8.00. The predicted octanol–water partition coefficient (Wildman–Crippen LogP) is 3.72. The third-order valence-corrected chi connectivity index (χ3v) is 5.72. The van der Waals surface area contributed by atoms with Crippen LogP contribution in [0.2, 0.25) is 10.0 Å². The first-order valence-electron chi connectivity index (χ1n) is 9.31. The number of nitrogens with one attached hydrogen (secondary N) is 1. The molecule has 4 heterocycles. The lowest BCUT2D eigenvalue weighted by Gasteiger charge is -2.34. The highest BCUT2D eigenvalue weighted by Gasteiger charge is 2.22. The molecule has 0 bridgehead atoms. The topological polar surface area (TPSA) is 80.1 Å². The van der Waals surface area contributed by atoms with Gasteiger partial charge < -0.3 is 10.3 Å². The molecule has 9 heteroatoms. The van der Waals surface area contributed by atoms with Crippen LogP contribution < -0.4 is 15.8 Å². The largest absolute Gasteiger partial charge is 0.319 e. The van der Waals surface area contributed by atoms with E-state index in [4.69, 9.17) is 23.2 Å². The van der Waals surface area contributed by atoms with Crippen LogP contribution in [0, 0.1) is 5.92 Å². The summed E-state index contributed by atoms with van der Waals surface area (Å²) in [7, 11) is 0. The van der Waals surface area contributed by atoms with Gasteiger partial charge in [0, 0.05) is 37.9 Å². The Morgan fingerprint density at radius 1 is 1.21 bits per heavy atom. The van der Waals surface area contributed by atoms with E-state index in [1.807, 2.05) is 4.68 Å². The number of piperidine rings is 1. The van der Waals surface area contributed by atoms with Gasteiger partial charge in [0.1, 0.15) is 5.56 Å². The molecule has 1 amide bonds. The van der Waals surface area contributed by atoms with Gasteiger partial charge in [-0.05, 0) is 30.9 Å². The molecule has 0 atom stereocenters. The summed E-state index contributed by atoms with van der Waals surface area (Å²) in [6, 6.07) is 3.36. The van der Waals surface area contributed by atoms with E-state index in [2.05, 4.69) is 27.2 Å². The maximum absolute atomic E-state index is 13.0. The van der Waals surface area contributed by atoms with Gasteiger partial charge >= 0.3 is 0 Å². The maximum atomic E-state index is 13.0. The van der Waals surface area contributed by atoms with Crippen molar-refractivity contribution < 1.29 is 4.79 Å². The van der Waals surface area contributed by atoms with Gasteiger partial charge in [0.15, 0.2) is 5.65 Å². The lowest BCUT2D eigenvalue weighted by atomic mass is 10.0.